The van der Waals surface area contributed by atoms with Gasteiger partial charge in [0, 0.05) is 12.6 Å². The van der Waals surface area contributed by atoms with Crippen molar-refractivity contribution in [3.8, 4) is 0 Å². The van der Waals surface area contributed by atoms with E-state index in [9.17, 15) is 9.59 Å². The fourth-order valence-electron chi connectivity index (χ4n) is 2.47. The monoisotopic (exact) mass is 313 g/mol. The van der Waals surface area contributed by atoms with Crippen molar-refractivity contribution in [1.82, 2.24) is 4.90 Å². The summed E-state index contributed by atoms with van der Waals surface area (Å²) < 4.78 is 5.16. The minimum Gasteiger partial charge on any atom is -0.464 e. The number of benzene rings is 2. The number of nitrogens with zero attached hydrogens (tertiary/aromatic N) is 1. The summed E-state index contributed by atoms with van der Waals surface area (Å²) in [6, 6.07) is 13.3. The molecule has 23 heavy (non-hydrogen) atoms. The molecule has 0 fully saturated rings. The Morgan fingerprint density at radius 2 is 1.78 bits per heavy atom. The van der Waals surface area contributed by atoms with E-state index in [2.05, 4.69) is 6.92 Å². The average molecular weight is 313 g/mol. The fourth-order valence-corrected chi connectivity index (χ4v) is 2.47. The van der Waals surface area contributed by atoms with Gasteiger partial charge in [-0.15, -0.1) is 0 Å². The first-order valence-electron chi connectivity index (χ1n) is 8.02. The Balaban J connectivity index is 2.00. The molecule has 0 radical (unpaired) electrons. The van der Waals surface area contributed by atoms with Gasteiger partial charge in [-0.25, -0.2) is 0 Å². The number of rotatable bonds is 7. The second kappa shape index (κ2) is 8.32. The highest BCUT2D eigenvalue weighted by molar-refractivity contribution is 6.07. The molecule has 0 bridgehead atoms. The van der Waals surface area contributed by atoms with E-state index >= 15 is 0 Å². The van der Waals surface area contributed by atoms with Gasteiger partial charge in [0.15, 0.2) is 0 Å². The molecule has 0 saturated carbocycles. The van der Waals surface area contributed by atoms with Gasteiger partial charge >= 0.3 is 5.97 Å². The van der Waals surface area contributed by atoms with Crippen LogP contribution in [0.25, 0.3) is 10.8 Å². The molecule has 2 aromatic rings. The van der Waals surface area contributed by atoms with Gasteiger partial charge in [-0.2, -0.15) is 0 Å². The molecule has 4 nitrogen and oxygen atoms in total. The van der Waals surface area contributed by atoms with Crippen LogP contribution in [-0.4, -0.2) is 37.0 Å². The number of carbonyl (C=O) groups excluding carboxylic acids is 2. The Kier molecular flexibility index (Phi) is 6.15. The van der Waals surface area contributed by atoms with Gasteiger partial charge in [0.2, 0.25) is 0 Å². The number of carbonyl (C=O) groups is 2. The van der Waals surface area contributed by atoms with Crippen LogP contribution in [-0.2, 0) is 9.53 Å². The van der Waals surface area contributed by atoms with Crippen molar-refractivity contribution in [2.24, 2.45) is 0 Å². The first-order valence-corrected chi connectivity index (χ1v) is 8.02. The third kappa shape index (κ3) is 4.55. The second-order valence-electron chi connectivity index (χ2n) is 5.62. The number of esters is 1. The molecule has 0 saturated heterocycles. The Hall–Kier alpha value is -2.36. The van der Waals surface area contributed by atoms with E-state index in [0.29, 0.717) is 12.2 Å². The van der Waals surface area contributed by atoms with E-state index in [-0.39, 0.29) is 18.4 Å². The van der Waals surface area contributed by atoms with Crippen LogP contribution in [0.1, 0.15) is 36.5 Å². The quantitative estimate of drug-likeness (QED) is 0.579. The van der Waals surface area contributed by atoms with Crippen LogP contribution in [0.4, 0.5) is 0 Å². The van der Waals surface area contributed by atoms with Gasteiger partial charge in [0.05, 0.1) is 6.61 Å². The molecule has 0 spiro atoms. The summed E-state index contributed by atoms with van der Waals surface area (Å²) in [6.45, 7) is 2.48. The molecule has 0 aromatic heterocycles. The molecule has 0 aliphatic carbocycles. The SMILES string of the molecule is CCCCCOC(=O)CN(C)C(=O)c1cccc2ccccc12. The van der Waals surface area contributed by atoms with Crippen LogP contribution in [0.2, 0.25) is 0 Å². The molecule has 4 heteroatoms. The van der Waals surface area contributed by atoms with E-state index in [1.807, 2.05) is 36.4 Å². The van der Waals surface area contributed by atoms with Crippen LogP contribution in [0.3, 0.4) is 0 Å². The maximum absolute atomic E-state index is 12.6. The van der Waals surface area contributed by atoms with Crippen molar-refractivity contribution < 1.29 is 14.3 Å². The van der Waals surface area contributed by atoms with Crippen molar-refractivity contribution in [2.75, 3.05) is 20.2 Å². The lowest BCUT2D eigenvalue weighted by molar-refractivity contribution is -0.144. The normalized spacial score (nSPS) is 10.5. The van der Waals surface area contributed by atoms with E-state index in [0.717, 1.165) is 30.0 Å². The summed E-state index contributed by atoms with van der Waals surface area (Å²) in [5, 5.41) is 1.90. The molecule has 122 valence electrons. The Morgan fingerprint density at radius 1 is 1.04 bits per heavy atom. The van der Waals surface area contributed by atoms with Crippen molar-refractivity contribution in [1.29, 1.82) is 0 Å². The zero-order valence-electron chi connectivity index (χ0n) is 13.7. The van der Waals surface area contributed by atoms with Gasteiger partial charge in [-0.1, -0.05) is 56.2 Å². The average Bonchev–Trinajstić information content (AvgIpc) is 2.57. The van der Waals surface area contributed by atoms with Gasteiger partial charge in [-0.3, -0.25) is 9.59 Å². The molecule has 0 unspecified atom stereocenters. The zero-order valence-corrected chi connectivity index (χ0v) is 13.7. The zero-order chi connectivity index (χ0) is 16.7. The maximum Gasteiger partial charge on any atom is 0.325 e. The van der Waals surface area contributed by atoms with Crippen LogP contribution >= 0.6 is 0 Å². The first-order chi connectivity index (χ1) is 11.1. The van der Waals surface area contributed by atoms with Crippen LogP contribution in [0.15, 0.2) is 42.5 Å². The lowest BCUT2D eigenvalue weighted by atomic mass is 10.0. The summed E-state index contributed by atoms with van der Waals surface area (Å²) in [4.78, 5) is 25.8. The molecule has 0 heterocycles. The highest BCUT2D eigenvalue weighted by Gasteiger charge is 2.17. The summed E-state index contributed by atoms with van der Waals surface area (Å²) in [7, 11) is 1.62. The molecule has 0 atom stereocenters. The summed E-state index contributed by atoms with van der Waals surface area (Å²) >= 11 is 0. The highest BCUT2D eigenvalue weighted by Crippen LogP contribution is 2.19. The summed E-state index contributed by atoms with van der Waals surface area (Å²) in [6.07, 6.45) is 2.98. The Morgan fingerprint density at radius 3 is 2.57 bits per heavy atom. The lowest BCUT2D eigenvalue weighted by Gasteiger charge is -2.17. The second-order valence-corrected chi connectivity index (χ2v) is 5.62. The molecule has 0 aliphatic heterocycles. The molecule has 0 aliphatic rings. The molecule has 2 aromatic carbocycles. The van der Waals surface area contributed by atoms with Crippen LogP contribution < -0.4 is 0 Å². The van der Waals surface area contributed by atoms with Crippen molar-refractivity contribution in [3.05, 3.63) is 48.0 Å². The number of fused-ring (bicyclic) bond motifs is 1. The maximum atomic E-state index is 12.6. The van der Waals surface area contributed by atoms with E-state index in [1.165, 1.54) is 4.90 Å². The Labute approximate surface area is 137 Å². The number of hydrogen-bond donors (Lipinski definition) is 0. The van der Waals surface area contributed by atoms with E-state index in [1.54, 1.807) is 13.1 Å². The standard InChI is InChI=1S/C19H23NO3/c1-3-4-7-13-23-18(21)14-20(2)19(22)17-12-8-10-15-9-5-6-11-16(15)17/h5-6,8-12H,3-4,7,13-14H2,1-2H3. The third-order valence-corrected chi connectivity index (χ3v) is 3.74. The Bertz CT molecular complexity index is 676. The molecule has 1 amide bonds. The van der Waals surface area contributed by atoms with Gasteiger partial charge in [-0.05, 0) is 23.3 Å². The first kappa shape index (κ1) is 17.0. The fraction of sp³-hybridized carbons (Fsp3) is 0.368. The van der Waals surface area contributed by atoms with Crippen molar-refractivity contribution >= 4 is 22.6 Å². The number of likely N-dealkylation sites (N-methyl/N-ethyl adjacent to an activating group) is 1. The van der Waals surface area contributed by atoms with Gasteiger partial charge < -0.3 is 9.64 Å². The highest BCUT2D eigenvalue weighted by atomic mass is 16.5. The van der Waals surface area contributed by atoms with Crippen molar-refractivity contribution in [3.63, 3.8) is 0 Å². The van der Waals surface area contributed by atoms with Gasteiger partial charge in [0.1, 0.15) is 6.54 Å². The van der Waals surface area contributed by atoms with Gasteiger partial charge in [0.25, 0.3) is 5.91 Å². The number of hydrogen-bond acceptors (Lipinski definition) is 3. The topological polar surface area (TPSA) is 46.6 Å². The van der Waals surface area contributed by atoms with E-state index < -0.39 is 0 Å². The summed E-state index contributed by atoms with van der Waals surface area (Å²) in [5.74, 6) is -0.538. The smallest absolute Gasteiger partial charge is 0.325 e. The number of unbranched alkanes of at least 4 members (excludes halogenated alkanes) is 2. The minimum absolute atomic E-state index is 0.0336. The molecular weight excluding hydrogens is 290 g/mol. The van der Waals surface area contributed by atoms with Crippen LogP contribution in [0, 0.1) is 0 Å². The predicted octanol–water partition coefficient (Wildman–Crippen LogP) is 3.65. The van der Waals surface area contributed by atoms with E-state index in [4.69, 9.17) is 4.74 Å². The van der Waals surface area contributed by atoms with Crippen molar-refractivity contribution in [2.45, 2.75) is 26.2 Å². The minimum atomic E-state index is -0.364. The van der Waals surface area contributed by atoms with Crippen LogP contribution in [0.5, 0.6) is 0 Å². The third-order valence-electron chi connectivity index (χ3n) is 3.74. The molecule has 2 rings (SSSR count). The number of amides is 1. The molecular formula is C19H23NO3. The molecule has 0 N–H and O–H groups in total. The summed E-state index contributed by atoms with van der Waals surface area (Å²) in [5.41, 5.74) is 0.601. The lowest BCUT2D eigenvalue weighted by Crippen LogP contribution is -2.33. The predicted molar refractivity (Wildman–Crippen MR) is 91.4 cm³/mol. The largest absolute Gasteiger partial charge is 0.464 e. The number of ether oxygens (including phenoxy) is 1.